The number of piperidine rings is 1. The summed E-state index contributed by atoms with van der Waals surface area (Å²) in [5, 5.41) is 4.20. The van der Waals surface area contributed by atoms with Crippen LogP contribution in [0.25, 0.3) is 0 Å². The van der Waals surface area contributed by atoms with Gasteiger partial charge in [-0.05, 0) is 37.3 Å². The van der Waals surface area contributed by atoms with Crippen molar-refractivity contribution in [2.24, 2.45) is 5.92 Å². The predicted molar refractivity (Wildman–Crippen MR) is 102 cm³/mol. The van der Waals surface area contributed by atoms with E-state index in [1.807, 2.05) is 12.1 Å². The summed E-state index contributed by atoms with van der Waals surface area (Å²) >= 11 is 0. The van der Waals surface area contributed by atoms with Crippen molar-refractivity contribution in [3.63, 3.8) is 0 Å². The minimum absolute atomic E-state index is 0.0659. The van der Waals surface area contributed by atoms with Crippen LogP contribution in [-0.2, 0) is 14.9 Å². The highest BCUT2D eigenvalue weighted by molar-refractivity contribution is 7.87. The van der Waals surface area contributed by atoms with Crippen molar-refractivity contribution in [3.05, 3.63) is 36.7 Å². The van der Waals surface area contributed by atoms with Gasteiger partial charge in [0.1, 0.15) is 4.90 Å². The summed E-state index contributed by atoms with van der Waals surface area (Å²) in [6.07, 6.45) is 6.00. The van der Waals surface area contributed by atoms with Crippen molar-refractivity contribution in [2.75, 3.05) is 31.2 Å². The van der Waals surface area contributed by atoms with E-state index in [9.17, 15) is 8.42 Å². The van der Waals surface area contributed by atoms with Crippen LogP contribution in [0.15, 0.2) is 41.6 Å². The Balaban J connectivity index is 1.56. The van der Waals surface area contributed by atoms with Gasteiger partial charge >= 0.3 is 10.1 Å². The first-order valence-corrected chi connectivity index (χ1v) is 10.8. The number of rotatable bonds is 5. The molecular weight excluding hydrogens is 366 g/mol. The number of ether oxygens (including phenoxy) is 1. The number of aromatic nitrogens is 2. The van der Waals surface area contributed by atoms with Crippen LogP contribution in [0.5, 0.6) is 5.75 Å². The largest absolute Gasteiger partial charge is 0.379 e. The van der Waals surface area contributed by atoms with Crippen molar-refractivity contribution in [1.82, 2.24) is 9.78 Å². The van der Waals surface area contributed by atoms with Crippen LogP contribution in [0.1, 0.15) is 32.2 Å². The van der Waals surface area contributed by atoms with Gasteiger partial charge in [0.2, 0.25) is 0 Å². The van der Waals surface area contributed by atoms with E-state index in [1.54, 1.807) is 16.8 Å². The molecule has 0 aliphatic carbocycles. The molecule has 27 heavy (non-hydrogen) atoms. The summed E-state index contributed by atoms with van der Waals surface area (Å²) in [7, 11) is -3.95. The Morgan fingerprint density at radius 1 is 1.26 bits per heavy atom. The standard InChI is InChI=1S/C19H25N3O4S/c1-15-5-4-9-21(12-15)18-6-2-3-7-19(18)26-27(23,24)17-11-20-22(13-17)16-8-10-25-14-16/h2-3,6-7,11,13,15-16H,4-5,8-10,12,14H2,1H3/t15-,16+/m1/s1. The van der Waals surface area contributed by atoms with Gasteiger partial charge in [0.15, 0.2) is 5.75 Å². The first-order valence-electron chi connectivity index (χ1n) is 9.43. The minimum Gasteiger partial charge on any atom is -0.379 e. The zero-order valence-corrected chi connectivity index (χ0v) is 16.3. The molecule has 2 aromatic rings. The quantitative estimate of drug-likeness (QED) is 0.730. The SMILES string of the molecule is C[C@@H]1CCCN(c2ccccc2OS(=O)(=O)c2cnn([C@H]3CCOC3)c2)C1. The number of anilines is 1. The molecule has 4 rings (SSSR count). The number of benzene rings is 1. The van der Waals surface area contributed by atoms with Crippen LogP contribution in [-0.4, -0.2) is 44.5 Å². The Bertz CT molecular complexity index is 890. The summed E-state index contributed by atoms with van der Waals surface area (Å²) in [4.78, 5) is 2.27. The van der Waals surface area contributed by atoms with E-state index in [0.717, 1.165) is 31.6 Å². The van der Waals surface area contributed by atoms with Gasteiger partial charge in [0.25, 0.3) is 0 Å². The van der Waals surface area contributed by atoms with Gasteiger partial charge in [-0.3, -0.25) is 4.68 Å². The third-order valence-corrected chi connectivity index (χ3v) is 6.40. The third kappa shape index (κ3) is 3.96. The van der Waals surface area contributed by atoms with Gasteiger partial charge in [0.05, 0.1) is 24.5 Å². The van der Waals surface area contributed by atoms with Gasteiger partial charge < -0.3 is 13.8 Å². The summed E-state index contributed by atoms with van der Waals surface area (Å²) in [5.41, 5.74) is 0.823. The van der Waals surface area contributed by atoms with E-state index >= 15 is 0 Å². The third-order valence-electron chi connectivity index (χ3n) is 5.21. The summed E-state index contributed by atoms with van der Waals surface area (Å²) in [5.74, 6) is 0.943. The van der Waals surface area contributed by atoms with Crippen LogP contribution >= 0.6 is 0 Å². The van der Waals surface area contributed by atoms with Crippen LogP contribution in [0.4, 0.5) is 5.69 Å². The van der Waals surface area contributed by atoms with E-state index < -0.39 is 10.1 Å². The lowest BCUT2D eigenvalue weighted by Crippen LogP contribution is -2.34. The normalized spacial score (nSPS) is 23.5. The highest BCUT2D eigenvalue weighted by Gasteiger charge is 2.26. The van der Waals surface area contributed by atoms with Crippen molar-refractivity contribution in [2.45, 2.75) is 37.1 Å². The molecule has 2 saturated heterocycles. The summed E-state index contributed by atoms with van der Waals surface area (Å²) in [6, 6.07) is 7.41. The van der Waals surface area contributed by atoms with Gasteiger partial charge in [-0.15, -0.1) is 0 Å². The molecule has 0 bridgehead atoms. The van der Waals surface area contributed by atoms with E-state index in [4.69, 9.17) is 8.92 Å². The van der Waals surface area contributed by atoms with Gasteiger partial charge in [-0.1, -0.05) is 19.1 Å². The second-order valence-electron chi connectivity index (χ2n) is 7.37. The molecule has 146 valence electrons. The Labute approximate surface area is 160 Å². The Morgan fingerprint density at radius 2 is 2.11 bits per heavy atom. The molecule has 2 aliphatic heterocycles. The maximum atomic E-state index is 12.8. The second-order valence-corrected chi connectivity index (χ2v) is 8.92. The monoisotopic (exact) mass is 391 g/mol. The fourth-order valence-corrected chi connectivity index (χ4v) is 4.63. The van der Waals surface area contributed by atoms with Gasteiger partial charge in [-0.25, -0.2) is 0 Å². The molecule has 2 aliphatic rings. The van der Waals surface area contributed by atoms with Crippen molar-refractivity contribution in [1.29, 1.82) is 0 Å². The van der Waals surface area contributed by atoms with Crippen molar-refractivity contribution < 1.29 is 17.3 Å². The van der Waals surface area contributed by atoms with Crippen LogP contribution in [0.3, 0.4) is 0 Å². The maximum Gasteiger partial charge on any atom is 0.342 e. The zero-order valence-electron chi connectivity index (χ0n) is 15.5. The molecule has 0 amide bonds. The smallest absolute Gasteiger partial charge is 0.342 e. The topological polar surface area (TPSA) is 73.7 Å². The molecule has 2 fully saturated rings. The van der Waals surface area contributed by atoms with Crippen LogP contribution in [0.2, 0.25) is 0 Å². The Morgan fingerprint density at radius 3 is 2.89 bits per heavy atom. The lowest BCUT2D eigenvalue weighted by molar-refractivity contribution is 0.184. The molecule has 0 N–H and O–H groups in total. The molecule has 3 heterocycles. The fourth-order valence-electron chi connectivity index (χ4n) is 3.74. The average Bonchev–Trinajstić information content (AvgIpc) is 3.34. The van der Waals surface area contributed by atoms with Gasteiger partial charge in [-0.2, -0.15) is 13.5 Å². The van der Waals surface area contributed by atoms with Crippen LogP contribution < -0.4 is 9.08 Å². The molecule has 0 radical (unpaired) electrons. The molecule has 0 spiro atoms. The number of para-hydroxylation sites is 2. The average molecular weight is 391 g/mol. The second kappa shape index (κ2) is 7.52. The fraction of sp³-hybridized carbons (Fsp3) is 0.526. The summed E-state index contributed by atoms with van der Waals surface area (Å²) in [6.45, 7) is 5.25. The molecule has 2 atom stereocenters. The molecule has 0 unspecified atom stereocenters. The zero-order chi connectivity index (χ0) is 18.9. The lowest BCUT2D eigenvalue weighted by Gasteiger charge is -2.33. The predicted octanol–water partition coefficient (Wildman–Crippen LogP) is 2.85. The first-order chi connectivity index (χ1) is 13.0. The summed E-state index contributed by atoms with van der Waals surface area (Å²) < 4.78 is 38.1. The van der Waals surface area contributed by atoms with E-state index in [1.165, 1.54) is 18.8 Å². The molecule has 1 aromatic carbocycles. The van der Waals surface area contributed by atoms with Gasteiger partial charge in [0, 0.05) is 25.9 Å². The molecule has 8 heteroatoms. The molecular formula is C19H25N3O4S. The van der Waals surface area contributed by atoms with E-state index in [2.05, 4.69) is 16.9 Å². The first kappa shape index (κ1) is 18.3. The Hall–Kier alpha value is -2.06. The Kier molecular flexibility index (Phi) is 5.10. The van der Waals surface area contributed by atoms with E-state index in [0.29, 0.717) is 24.9 Å². The molecule has 7 nitrogen and oxygen atoms in total. The highest BCUT2D eigenvalue weighted by Crippen LogP contribution is 2.33. The number of nitrogens with zero attached hydrogens (tertiary/aromatic N) is 3. The van der Waals surface area contributed by atoms with Crippen molar-refractivity contribution >= 4 is 15.8 Å². The number of hydrogen-bond donors (Lipinski definition) is 0. The lowest BCUT2D eigenvalue weighted by atomic mass is 10.00. The highest BCUT2D eigenvalue weighted by atomic mass is 32.2. The molecule has 0 saturated carbocycles. The number of hydrogen-bond acceptors (Lipinski definition) is 6. The van der Waals surface area contributed by atoms with Crippen LogP contribution in [0, 0.1) is 5.92 Å². The minimum atomic E-state index is -3.95. The van der Waals surface area contributed by atoms with E-state index in [-0.39, 0.29) is 10.9 Å². The molecule has 1 aromatic heterocycles. The van der Waals surface area contributed by atoms with Crippen molar-refractivity contribution in [3.8, 4) is 5.75 Å². The maximum absolute atomic E-state index is 12.8.